The van der Waals surface area contributed by atoms with Crippen LogP contribution in [-0.4, -0.2) is 20.4 Å². The standard InChI is InChI=1S/C15H14N2O4S/c1-10-5-7-11(8-6-10)22(18,19)15-14(16-2)21-13(17-15)12-4-3-9-20-12/h3-9,16H,1-2H3. The van der Waals surface area contributed by atoms with Gasteiger partial charge in [-0.15, -0.1) is 0 Å². The van der Waals surface area contributed by atoms with Crippen LogP contribution >= 0.6 is 0 Å². The molecule has 0 fully saturated rings. The van der Waals surface area contributed by atoms with Crippen molar-refractivity contribution in [1.82, 2.24) is 4.98 Å². The molecule has 3 rings (SSSR count). The molecule has 0 bridgehead atoms. The SMILES string of the molecule is CNc1oc(-c2ccco2)nc1S(=O)(=O)c1ccc(C)cc1. The summed E-state index contributed by atoms with van der Waals surface area (Å²) in [5, 5.41) is 2.55. The lowest BCUT2D eigenvalue weighted by molar-refractivity contribution is 0.524. The Morgan fingerprint density at radius 3 is 2.45 bits per heavy atom. The molecule has 6 nitrogen and oxygen atoms in total. The van der Waals surface area contributed by atoms with Crippen LogP contribution in [0.3, 0.4) is 0 Å². The third-order valence-electron chi connectivity index (χ3n) is 3.14. The summed E-state index contributed by atoms with van der Waals surface area (Å²) >= 11 is 0. The summed E-state index contributed by atoms with van der Waals surface area (Å²) in [4.78, 5) is 4.24. The predicted octanol–water partition coefficient (Wildman–Crippen LogP) is 3.12. The van der Waals surface area contributed by atoms with E-state index in [9.17, 15) is 8.42 Å². The zero-order valence-corrected chi connectivity index (χ0v) is 12.8. The van der Waals surface area contributed by atoms with Gasteiger partial charge in [-0.25, -0.2) is 8.42 Å². The first-order chi connectivity index (χ1) is 10.5. The van der Waals surface area contributed by atoms with Crippen LogP contribution in [0.4, 0.5) is 5.88 Å². The lowest BCUT2D eigenvalue weighted by Crippen LogP contribution is -2.05. The average molecular weight is 318 g/mol. The van der Waals surface area contributed by atoms with Crippen molar-refractivity contribution in [3.8, 4) is 11.7 Å². The molecule has 3 aromatic rings. The second kappa shape index (κ2) is 5.34. The molecule has 0 saturated heterocycles. The van der Waals surface area contributed by atoms with Crippen LogP contribution in [0.25, 0.3) is 11.7 Å². The van der Waals surface area contributed by atoms with Gasteiger partial charge >= 0.3 is 0 Å². The fourth-order valence-electron chi connectivity index (χ4n) is 1.98. The number of benzene rings is 1. The first-order valence-electron chi connectivity index (χ1n) is 6.56. The minimum atomic E-state index is -3.78. The molecule has 1 N–H and O–H groups in total. The monoisotopic (exact) mass is 318 g/mol. The second-order valence-corrected chi connectivity index (χ2v) is 6.56. The number of nitrogens with one attached hydrogen (secondary N) is 1. The molecule has 0 aliphatic rings. The van der Waals surface area contributed by atoms with E-state index in [0.717, 1.165) is 5.56 Å². The minimum absolute atomic E-state index is 0.0759. The maximum absolute atomic E-state index is 12.7. The number of nitrogens with zero attached hydrogens (tertiary/aromatic N) is 1. The summed E-state index contributed by atoms with van der Waals surface area (Å²) in [5.41, 5.74) is 0.976. The number of aryl methyl sites for hydroxylation is 1. The highest BCUT2D eigenvalue weighted by Crippen LogP contribution is 2.32. The van der Waals surface area contributed by atoms with Gasteiger partial charge < -0.3 is 14.2 Å². The van der Waals surface area contributed by atoms with Gasteiger partial charge in [0.2, 0.25) is 20.7 Å². The topological polar surface area (TPSA) is 85.3 Å². The Hall–Kier alpha value is -2.54. The summed E-state index contributed by atoms with van der Waals surface area (Å²) < 4.78 is 36.1. The highest BCUT2D eigenvalue weighted by molar-refractivity contribution is 7.91. The van der Waals surface area contributed by atoms with E-state index in [4.69, 9.17) is 8.83 Å². The maximum Gasteiger partial charge on any atom is 0.266 e. The number of oxazole rings is 1. The van der Waals surface area contributed by atoms with E-state index in [1.807, 2.05) is 6.92 Å². The molecule has 0 aliphatic heterocycles. The number of hydrogen-bond acceptors (Lipinski definition) is 6. The fraction of sp³-hybridized carbons (Fsp3) is 0.133. The van der Waals surface area contributed by atoms with Crippen LogP contribution in [0.15, 0.2) is 61.4 Å². The molecule has 0 spiro atoms. The summed E-state index contributed by atoms with van der Waals surface area (Å²) in [7, 11) is -2.21. The summed E-state index contributed by atoms with van der Waals surface area (Å²) in [5.74, 6) is 0.550. The zero-order chi connectivity index (χ0) is 15.7. The van der Waals surface area contributed by atoms with E-state index in [1.165, 1.54) is 6.26 Å². The van der Waals surface area contributed by atoms with Gasteiger partial charge in [0.05, 0.1) is 11.2 Å². The molecular formula is C15H14N2O4S. The van der Waals surface area contributed by atoms with Gasteiger partial charge in [0.15, 0.2) is 5.76 Å². The molecule has 0 aliphatic carbocycles. The Balaban J connectivity index is 2.12. The third kappa shape index (κ3) is 2.39. The van der Waals surface area contributed by atoms with Gasteiger partial charge in [-0.05, 0) is 31.2 Å². The van der Waals surface area contributed by atoms with Crippen molar-refractivity contribution < 1.29 is 17.3 Å². The van der Waals surface area contributed by atoms with Gasteiger partial charge in [-0.3, -0.25) is 0 Å². The summed E-state index contributed by atoms with van der Waals surface area (Å²) in [6, 6.07) is 9.88. The number of furan rings is 1. The normalized spacial score (nSPS) is 11.5. The number of hydrogen-bond donors (Lipinski definition) is 1. The number of sulfone groups is 1. The Kier molecular flexibility index (Phi) is 3.50. The summed E-state index contributed by atoms with van der Waals surface area (Å²) in [6.45, 7) is 1.89. The Morgan fingerprint density at radius 1 is 1.14 bits per heavy atom. The van der Waals surface area contributed by atoms with Crippen LogP contribution in [-0.2, 0) is 9.84 Å². The maximum atomic E-state index is 12.7. The van der Waals surface area contributed by atoms with E-state index >= 15 is 0 Å². The Morgan fingerprint density at radius 2 is 1.86 bits per heavy atom. The lowest BCUT2D eigenvalue weighted by Gasteiger charge is -2.03. The van der Waals surface area contributed by atoms with E-state index in [-0.39, 0.29) is 21.7 Å². The summed E-state index contributed by atoms with van der Waals surface area (Å²) in [6.07, 6.45) is 1.47. The van der Waals surface area contributed by atoms with Gasteiger partial charge in [-0.1, -0.05) is 17.7 Å². The molecule has 0 radical (unpaired) electrons. The molecule has 0 unspecified atom stereocenters. The van der Waals surface area contributed by atoms with Gasteiger partial charge in [-0.2, -0.15) is 4.98 Å². The molecule has 0 amide bonds. The molecule has 0 atom stereocenters. The van der Waals surface area contributed by atoms with Gasteiger partial charge in [0.25, 0.3) is 5.89 Å². The molecule has 2 heterocycles. The Labute approximate surface area is 127 Å². The predicted molar refractivity (Wildman–Crippen MR) is 80.4 cm³/mol. The van der Waals surface area contributed by atoms with Crippen molar-refractivity contribution in [2.24, 2.45) is 0 Å². The smallest absolute Gasteiger partial charge is 0.266 e. The molecule has 7 heteroatoms. The van der Waals surface area contributed by atoms with Crippen molar-refractivity contribution in [3.05, 3.63) is 48.2 Å². The Bertz CT molecular complexity index is 878. The molecule has 114 valence electrons. The highest BCUT2D eigenvalue weighted by Gasteiger charge is 2.28. The minimum Gasteiger partial charge on any atom is -0.459 e. The van der Waals surface area contributed by atoms with Crippen LogP contribution in [0.5, 0.6) is 0 Å². The van der Waals surface area contributed by atoms with Crippen molar-refractivity contribution in [2.75, 3.05) is 12.4 Å². The highest BCUT2D eigenvalue weighted by atomic mass is 32.2. The van der Waals surface area contributed by atoms with Crippen molar-refractivity contribution in [1.29, 1.82) is 0 Å². The number of aromatic nitrogens is 1. The molecule has 0 saturated carbocycles. The largest absolute Gasteiger partial charge is 0.459 e. The number of anilines is 1. The van der Waals surface area contributed by atoms with Gasteiger partial charge in [0, 0.05) is 7.05 Å². The molecule has 2 aromatic heterocycles. The lowest BCUT2D eigenvalue weighted by atomic mass is 10.2. The fourth-order valence-corrected chi connectivity index (χ4v) is 3.29. The zero-order valence-electron chi connectivity index (χ0n) is 12.0. The number of rotatable bonds is 4. The van der Waals surface area contributed by atoms with Crippen molar-refractivity contribution >= 4 is 15.7 Å². The molecular weight excluding hydrogens is 304 g/mol. The molecule has 1 aromatic carbocycles. The quantitative estimate of drug-likeness (QED) is 0.795. The van der Waals surface area contributed by atoms with Gasteiger partial charge in [0.1, 0.15) is 0 Å². The van der Waals surface area contributed by atoms with E-state index < -0.39 is 9.84 Å². The second-order valence-electron chi connectivity index (χ2n) is 4.70. The van der Waals surface area contributed by atoms with E-state index in [0.29, 0.717) is 5.76 Å². The van der Waals surface area contributed by atoms with Crippen molar-refractivity contribution in [2.45, 2.75) is 16.8 Å². The van der Waals surface area contributed by atoms with Crippen LogP contribution < -0.4 is 5.32 Å². The first kappa shape index (κ1) is 14.4. The van der Waals surface area contributed by atoms with Crippen LogP contribution in [0.1, 0.15) is 5.56 Å². The van der Waals surface area contributed by atoms with E-state index in [2.05, 4.69) is 10.3 Å². The average Bonchev–Trinajstić information content (AvgIpc) is 3.16. The van der Waals surface area contributed by atoms with Crippen molar-refractivity contribution in [3.63, 3.8) is 0 Å². The third-order valence-corrected chi connectivity index (χ3v) is 4.82. The van der Waals surface area contributed by atoms with Crippen LogP contribution in [0, 0.1) is 6.92 Å². The molecule has 22 heavy (non-hydrogen) atoms. The van der Waals surface area contributed by atoms with E-state index in [1.54, 1.807) is 43.4 Å². The van der Waals surface area contributed by atoms with Crippen LogP contribution in [0.2, 0.25) is 0 Å². The first-order valence-corrected chi connectivity index (χ1v) is 8.05.